The number of hydrogen-bond donors (Lipinski definition) is 0. The van der Waals surface area contributed by atoms with Crippen LogP contribution in [0.25, 0.3) is 0 Å². The molecule has 0 aliphatic carbocycles. The van der Waals surface area contributed by atoms with Crippen LogP contribution in [0, 0.1) is 6.42 Å². The number of morpholine rings is 1. The molecule has 3 heteroatoms. The van der Waals surface area contributed by atoms with Crippen LogP contribution >= 0.6 is 11.6 Å². The summed E-state index contributed by atoms with van der Waals surface area (Å²) in [7, 11) is 0. The highest BCUT2D eigenvalue weighted by Gasteiger charge is 2.10. The second kappa shape index (κ2) is 5.50. The Balaban J connectivity index is 1.84. The first-order chi connectivity index (χ1) is 7.36. The van der Waals surface area contributed by atoms with Gasteiger partial charge in [0.05, 0.1) is 13.2 Å². The molecule has 0 spiro atoms. The molecule has 0 aromatic heterocycles. The highest BCUT2D eigenvalue weighted by Crippen LogP contribution is 2.17. The quantitative estimate of drug-likeness (QED) is 0.781. The molecule has 15 heavy (non-hydrogen) atoms. The number of benzene rings is 1. The van der Waals surface area contributed by atoms with Crippen LogP contribution in [-0.2, 0) is 4.74 Å². The molecule has 0 unspecified atom stereocenters. The Hall–Kier alpha value is -0.570. The standard InChI is InChI=1S/C12H15ClNO/c13-12-4-2-1-3-11(12)5-6-14-7-9-15-10-8-14/h1-5H,6-10H2. The molecule has 1 aromatic rings. The molecule has 1 fully saturated rings. The first-order valence-corrected chi connectivity index (χ1v) is 5.62. The van der Waals surface area contributed by atoms with Crippen molar-refractivity contribution in [3.8, 4) is 0 Å². The van der Waals surface area contributed by atoms with Gasteiger partial charge in [0, 0.05) is 31.1 Å². The lowest BCUT2D eigenvalue weighted by Crippen LogP contribution is -2.37. The average Bonchev–Trinajstić information content (AvgIpc) is 2.29. The summed E-state index contributed by atoms with van der Waals surface area (Å²) >= 11 is 6.07. The summed E-state index contributed by atoms with van der Waals surface area (Å²) in [6.07, 6.45) is 2.17. The number of ether oxygens (including phenoxy) is 1. The van der Waals surface area contributed by atoms with Crippen LogP contribution in [0.2, 0.25) is 5.02 Å². The fourth-order valence-electron chi connectivity index (χ4n) is 1.65. The Bertz CT molecular complexity index is 310. The van der Waals surface area contributed by atoms with Crippen LogP contribution in [0.4, 0.5) is 0 Å². The third-order valence-electron chi connectivity index (χ3n) is 2.58. The Morgan fingerprint density at radius 1 is 1.27 bits per heavy atom. The van der Waals surface area contributed by atoms with Gasteiger partial charge < -0.3 is 4.74 Å². The summed E-state index contributed by atoms with van der Waals surface area (Å²) in [5.74, 6) is 0. The van der Waals surface area contributed by atoms with E-state index in [9.17, 15) is 0 Å². The van der Waals surface area contributed by atoms with E-state index in [1.165, 1.54) is 0 Å². The largest absolute Gasteiger partial charge is 0.379 e. The van der Waals surface area contributed by atoms with E-state index in [-0.39, 0.29) is 0 Å². The molecule has 1 aliphatic rings. The zero-order valence-corrected chi connectivity index (χ0v) is 9.41. The van der Waals surface area contributed by atoms with Gasteiger partial charge in [-0.2, -0.15) is 0 Å². The molecular weight excluding hydrogens is 210 g/mol. The van der Waals surface area contributed by atoms with Gasteiger partial charge in [-0.05, 0) is 11.6 Å². The van der Waals surface area contributed by atoms with Crippen LogP contribution in [0.3, 0.4) is 0 Å². The highest BCUT2D eigenvalue weighted by atomic mass is 35.5. The first kappa shape index (κ1) is 10.9. The van der Waals surface area contributed by atoms with Crippen molar-refractivity contribution in [1.29, 1.82) is 0 Å². The molecule has 1 radical (unpaired) electrons. The van der Waals surface area contributed by atoms with Crippen molar-refractivity contribution in [2.45, 2.75) is 0 Å². The fourth-order valence-corrected chi connectivity index (χ4v) is 1.86. The lowest BCUT2D eigenvalue weighted by Gasteiger charge is -2.26. The summed E-state index contributed by atoms with van der Waals surface area (Å²) in [6, 6.07) is 7.93. The van der Waals surface area contributed by atoms with Crippen molar-refractivity contribution < 1.29 is 4.74 Å². The van der Waals surface area contributed by atoms with Crippen LogP contribution in [-0.4, -0.2) is 37.7 Å². The Kier molecular flexibility index (Phi) is 4.01. The predicted octanol–water partition coefficient (Wildman–Crippen LogP) is 2.22. The average molecular weight is 225 g/mol. The second-order valence-electron chi connectivity index (χ2n) is 3.64. The van der Waals surface area contributed by atoms with Gasteiger partial charge in [-0.3, -0.25) is 4.90 Å². The normalized spacial score (nSPS) is 17.9. The second-order valence-corrected chi connectivity index (χ2v) is 4.05. The minimum Gasteiger partial charge on any atom is -0.379 e. The zero-order chi connectivity index (χ0) is 10.5. The Labute approximate surface area is 95.8 Å². The summed E-state index contributed by atoms with van der Waals surface area (Å²) < 4.78 is 5.29. The van der Waals surface area contributed by atoms with E-state index >= 15 is 0 Å². The number of halogens is 1. The fraction of sp³-hybridized carbons (Fsp3) is 0.417. The van der Waals surface area contributed by atoms with Gasteiger partial charge in [-0.15, -0.1) is 0 Å². The Morgan fingerprint density at radius 2 is 2.00 bits per heavy atom. The topological polar surface area (TPSA) is 12.5 Å². The maximum Gasteiger partial charge on any atom is 0.0594 e. The minimum absolute atomic E-state index is 0.825. The van der Waals surface area contributed by atoms with E-state index in [1.807, 2.05) is 24.3 Å². The number of rotatable bonds is 3. The minimum atomic E-state index is 0.825. The lowest BCUT2D eigenvalue weighted by atomic mass is 10.1. The van der Waals surface area contributed by atoms with Gasteiger partial charge in [-0.25, -0.2) is 0 Å². The van der Waals surface area contributed by atoms with Crippen molar-refractivity contribution >= 4 is 11.6 Å². The van der Waals surface area contributed by atoms with Crippen LogP contribution in [0.5, 0.6) is 0 Å². The SMILES string of the molecule is Clc1ccccc1[CH]CN1CCOCC1. The van der Waals surface area contributed by atoms with Crippen LogP contribution in [0.15, 0.2) is 24.3 Å². The molecule has 1 aliphatic heterocycles. The molecule has 0 atom stereocenters. The van der Waals surface area contributed by atoms with E-state index in [0.717, 1.165) is 43.4 Å². The molecule has 0 bridgehead atoms. The highest BCUT2D eigenvalue weighted by molar-refractivity contribution is 6.31. The number of nitrogens with zero attached hydrogens (tertiary/aromatic N) is 1. The van der Waals surface area contributed by atoms with E-state index in [4.69, 9.17) is 16.3 Å². The van der Waals surface area contributed by atoms with Crippen molar-refractivity contribution in [2.24, 2.45) is 0 Å². The van der Waals surface area contributed by atoms with Crippen LogP contribution < -0.4 is 0 Å². The number of hydrogen-bond acceptors (Lipinski definition) is 2. The smallest absolute Gasteiger partial charge is 0.0594 e. The molecule has 0 N–H and O–H groups in total. The van der Waals surface area contributed by atoms with Crippen molar-refractivity contribution in [2.75, 3.05) is 32.8 Å². The van der Waals surface area contributed by atoms with Gasteiger partial charge in [-0.1, -0.05) is 29.8 Å². The van der Waals surface area contributed by atoms with Gasteiger partial charge in [0.2, 0.25) is 0 Å². The van der Waals surface area contributed by atoms with Crippen molar-refractivity contribution in [1.82, 2.24) is 4.90 Å². The molecular formula is C12H15ClNO. The monoisotopic (exact) mass is 224 g/mol. The third kappa shape index (κ3) is 3.20. The summed E-state index contributed by atoms with van der Waals surface area (Å²) in [4.78, 5) is 2.37. The summed E-state index contributed by atoms with van der Waals surface area (Å²) in [5, 5.41) is 0.825. The molecule has 1 aromatic carbocycles. The molecule has 1 heterocycles. The van der Waals surface area contributed by atoms with Gasteiger partial charge in [0.1, 0.15) is 0 Å². The van der Waals surface area contributed by atoms with Crippen molar-refractivity contribution in [3.63, 3.8) is 0 Å². The Morgan fingerprint density at radius 3 is 2.73 bits per heavy atom. The summed E-state index contributed by atoms with van der Waals surface area (Å²) in [5.41, 5.74) is 1.12. The van der Waals surface area contributed by atoms with Gasteiger partial charge in [0.15, 0.2) is 0 Å². The molecule has 2 nitrogen and oxygen atoms in total. The van der Waals surface area contributed by atoms with E-state index in [0.29, 0.717) is 0 Å². The molecule has 0 amide bonds. The molecule has 81 valence electrons. The van der Waals surface area contributed by atoms with Gasteiger partial charge in [0.25, 0.3) is 0 Å². The predicted molar refractivity (Wildman–Crippen MR) is 62.1 cm³/mol. The maximum atomic E-state index is 6.07. The van der Waals surface area contributed by atoms with E-state index in [1.54, 1.807) is 0 Å². The maximum absolute atomic E-state index is 6.07. The van der Waals surface area contributed by atoms with E-state index in [2.05, 4.69) is 11.3 Å². The molecule has 1 saturated heterocycles. The molecule has 2 rings (SSSR count). The van der Waals surface area contributed by atoms with Crippen LogP contribution in [0.1, 0.15) is 5.56 Å². The first-order valence-electron chi connectivity index (χ1n) is 5.24. The van der Waals surface area contributed by atoms with Gasteiger partial charge >= 0.3 is 0 Å². The van der Waals surface area contributed by atoms with Crippen molar-refractivity contribution in [3.05, 3.63) is 41.3 Å². The third-order valence-corrected chi connectivity index (χ3v) is 2.92. The van der Waals surface area contributed by atoms with E-state index < -0.39 is 0 Å². The lowest BCUT2D eigenvalue weighted by molar-refractivity contribution is 0.0421. The summed E-state index contributed by atoms with van der Waals surface area (Å²) in [6.45, 7) is 4.67. The zero-order valence-electron chi connectivity index (χ0n) is 8.66. The molecule has 0 saturated carbocycles.